The number of nitrogens with zero attached hydrogens (tertiary/aromatic N) is 4. The first-order chi connectivity index (χ1) is 17.4. The molecule has 0 atom stereocenters. The summed E-state index contributed by atoms with van der Waals surface area (Å²) in [5, 5.41) is 7.08. The number of benzene rings is 2. The van der Waals surface area contributed by atoms with Gasteiger partial charge in [-0.05, 0) is 54.6 Å². The van der Waals surface area contributed by atoms with Crippen molar-refractivity contribution in [2.24, 2.45) is 0 Å². The van der Waals surface area contributed by atoms with Crippen LogP contribution < -0.4 is 14.8 Å². The molecule has 0 aliphatic rings. The summed E-state index contributed by atoms with van der Waals surface area (Å²) < 4.78 is 36.8. The molecular formula is C25H22N6O4S. The van der Waals surface area contributed by atoms with Gasteiger partial charge in [0.25, 0.3) is 15.9 Å². The zero-order chi connectivity index (χ0) is 25.1. The molecule has 0 unspecified atom stereocenters. The van der Waals surface area contributed by atoms with Crippen LogP contribution in [0.15, 0.2) is 96.3 Å². The molecule has 3 heterocycles. The monoisotopic (exact) mass is 502 g/mol. The minimum Gasteiger partial charge on any atom is -0.497 e. The number of sulfonamides is 1. The molecule has 2 N–H and O–H groups in total. The highest BCUT2D eigenvalue weighted by molar-refractivity contribution is 7.92. The van der Waals surface area contributed by atoms with Crippen LogP contribution in [0, 0.1) is 0 Å². The molecular weight excluding hydrogens is 480 g/mol. The highest BCUT2D eigenvalue weighted by atomic mass is 32.2. The summed E-state index contributed by atoms with van der Waals surface area (Å²) in [5.74, 6) is 0.472. The molecule has 0 aliphatic heterocycles. The lowest BCUT2D eigenvalue weighted by Gasteiger charge is -2.10. The Hall–Kier alpha value is -4.64. The first-order valence-corrected chi connectivity index (χ1v) is 12.4. The van der Waals surface area contributed by atoms with Gasteiger partial charge in [-0.1, -0.05) is 12.1 Å². The molecule has 0 saturated heterocycles. The third-order valence-corrected chi connectivity index (χ3v) is 6.75. The molecule has 3 aromatic heterocycles. The lowest BCUT2D eigenvalue weighted by atomic mass is 10.2. The van der Waals surface area contributed by atoms with Crippen LogP contribution in [-0.4, -0.2) is 40.6 Å². The maximum atomic E-state index is 12.8. The summed E-state index contributed by atoms with van der Waals surface area (Å²) in [6.45, 7) is 0.433. The fraction of sp³-hybridized carbons (Fsp3) is 0.0800. The number of rotatable bonds is 8. The van der Waals surface area contributed by atoms with Crippen molar-refractivity contribution in [3.63, 3.8) is 0 Å². The van der Waals surface area contributed by atoms with Crippen molar-refractivity contribution < 1.29 is 17.9 Å². The number of hydrogen-bond acceptors (Lipinski definition) is 6. The molecule has 10 nitrogen and oxygen atoms in total. The van der Waals surface area contributed by atoms with Crippen LogP contribution in [0.3, 0.4) is 0 Å². The number of carbonyl (C=O) groups excluding carboxylic acids is 1. The lowest BCUT2D eigenvalue weighted by molar-refractivity contribution is 0.102. The second-order valence-corrected chi connectivity index (χ2v) is 9.60. The van der Waals surface area contributed by atoms with E-state index in [2.05, 4.69) is 20.1 Å². The Balaban J connectivity index is 1.26. The summed E-state index contributed by atoms with van der Waals surface area (Å²) in [4.78, 5) is 17.3. The van der Waals surface area contributed by atoms with E-state index in [0.29, 0.717) is 23.8 Å². The molecule has 0 fully saturated rings. The van der Waals surface area contributed by atoms with E-state index < -0.39 is 15.9 Å². The van der Waals surface area contributed by atoms with Crippen molar-refractivity contribution in [3.8, 4) is 5.75 Å². The van der Waals surface area contributed by atoms with Crippen LogP contribution >= 0.6 is 0 Å². The van der Waals surface area contributed by atoms with Crippen LogP contribution in [0.25, 0.3) is 5.65 Å². The molecule has 5 aromatic rings. The van der Waals surface area contributed by atoms with Gasteiger partial charge in [0.15, 0.2) is 5.82 Å². The highest BCUT2D eigenvalue weighted by Gasteiger charge is 2.17. The van der Waals surface area contributed by atoms with Crippen molar-refractivity contribution in [2.45, 2.75) is 11.4 Å². The number of carbonyl (C=O) groups is 1. The SMILES string of the molecule is COc1ccc(NS(=O)(=O)c2cccc(C(=O)Nc3ccn(Cc4cn5ccccc5n4)n3)c2)cc1. The van der Waals surface area contributed by atoms with Crippen molar-refractivity contribution in [2.75, 3.05) is 17.1 Å². The number of imidazole rings is 1. The van der Waals surface area contributed by atoms with Gasteiger partial charge in [-0.2, -0.15) is 5.10 Å². The number of methoxy groups -OCH3 is 1. The second kappa shape index (κ2) is 9.55. The molecule has 5 rings (SSSR count). The van der Waals surface area contributed by atoms with Crippen LogP contribution in [0.1, 0.15) is 16.1 Å². The minimum atomic E-state index is -3.90. The van der Waals surface area contributed by atoms with Gasteiger partial charge in [-0.25, -0.2) is 13.4 Å². The molecule has 36 heavy (non-hydrogen) atoms. The van der Waals surface area contributed by atoms with Gasteiger partial charge in [0.05, 0.1) is 24.2 Å². The van der Waals surface area contributed by atoms with E-state index in [1.807, 2.05) is 35.0 Å². The predicted molar refractivity (Wildman–Crippen MR) is 135 cm³/mol. The number of anilines is 2. The van der Waals surface area contributed by atoms with Crippen molar-refractivity contribution in [3.05, 3.63) is 103 Å². The van der Waals surface area contributed by atoms with Gasteiger partial charge in [0, 0.05) is 35.9 Å². The Morgan fingerprint density at radius 2 is 1.83 bits per heavy atom. The lowest BCUT2D eigenvalue weighted by Crippen LogP contribution is -2.16. The predicted octanol–water partition coefficient (Wildman–Crippen LogP) is 3.64. The third-order valence-electron chi connectivity index (χ3n) is 5.37. The maximum absolute atomic E-state index is 12.8. The summed E-state index contributed by atoms with van der Waals surface area (Å²) in [5.41, 5.74) is 2.22. The number of amides is 1. The van der Waals surface area contributed by atoms with E-state index in [0.717, 1.165) is 11.3 Å². The standard InChI is InChI=1S/C25H22N6O4S/c1-35-21-10-8-19(9-11-21)29-36(33,34)22-6-4-5-18(15-22)25(32)27-23-12-14-31(28-23)17-20-16-30-13-3-2-7-24(30)26-20/h2-16,29H,17H2,1H3,(H,27,28,32). The number of ether oxygens (including phenoxy) is 1. The van der Waals surface area contributed by atoms with E-state index in [4.69, 9.17) is 4.74 Å². The minimum absolute atomic E-state index is 0.0386. The zero-order valence-electron chi connectivity index (χ0n) is 19.2. The molecule has 0 aliphatic carbocycles. The fourth-order valence-corrected chi connectivity index (χ4v) is 4.72. The number of nitrogens with one attached hydrogen (secondary N) is 2. The van der Waals surface area contributed by atoms with E-state index in [1.165, 1.54) is 31.4 Å². The average molecular weight is 503 g/mol. The van der Waals surface area contributed by atoms with E-state index >= 15 is 0 Å². The summed E-state index contributed by atoms with van der Waals surface area (Å²) in [6, 6.07) is 19.7. The maximum Gasteiger partial charge on any atom is 0.261 e. The normalized spacial score (nSPS) is 11.4. The number of hydrogen-bond donors (Lipinski definition) is 2. The Morgan fingerprint density at radius 1 is 1.00 bits per heavy atom. The first-order valence-electron chi connectivity index (χ1n) is 10.9. The van der Waals surface area contributed by atoms with Crippen LogP contribution in [0.2, 0.25) is 0 Å². The van der Waals surface area contributed by atoms with E-state index in [9.17, 15) is 13.2 Å². The average Bonchev–Trinajstić information content (AvgIpc) is 3.50. The quantitative estimate of drug-likeness (QED) is 0.334. The topological polar surface area (TPSA) is 120 Å². The molecule has 0 radical (unpaired) electrons. The van der Waals surface area contributed by atoms with Gasteiger partial charge in [-0.15, -0.1) is 0 Å². The third kappa shape index (κ3) is 5.05. The first kappa shape index (κ1) is 23.1. The van der Waals surface area contributed by atoms with Crippen molar-refractivity contribution >= 4 is 33.1 Å². The Morgan fingerprint density at radius 3 is 2.61 bits per heavy atom. The molecule has 0 bridgehead atoms. The molecule has 0 saturated carbocycles. The largest absolute Gasteiger partial charge is 0.497 e. The van der Waals surface area contributed by atoms with Crippen LogP contribution in [0.5, 0.6) is 5.75 Å². The van der Waals surface area contributed by atoms with Crippen molar-refractivity contribution in [1.29, 1.82) is 0 Å². The Bertz CT molecular complexity index is 1610. The van der Waals surface area contributed by atoms with E-state index in [1.54, 1.807) is 41.2 Å². The van der Waals surface area contributed by atoms with Crippen LogP contribution in [0.4, 0.5) is 11.5 Å². The molecule has 1 amide bonds. The smallest absolute Gasteiger partial charge is 0.261 e. The summed E-state index contributed by atoms with van der Waals surface area (Å²) in [6.07, 6.45) is 5.57. The van der Waals surface area contributed by atoms with Crippen molar-refractivity contribution in [1.82, 2.24) is 19.2 Å². The Labute approximate surface area is 207 Å². The molecule has 2 aromatic carbocycles. The molecule has 0 spiro atoms. The van der Waals surface area contributed by atoms with E-state index in [-0.39, 0.29) is 10.5 Å². The number of pyridine rings is 1. The van der Waals surface area contributed by atoms with Gasteiger partial charge in [0.2, 0.25) is 0 Å². The second-order valence-electron chi connectivity index (χ2n) is 7.91. The summed E-state index contributed by atoms with van der Waals surface area (Å²) >= 11 is 0. The van der Waals surface area contributed by atoms with Gasteiger partial charge in [0.1, 0.15) is 11.4 Å². The molecule has 11 heteroatoms. The van der Waals surface area contributed by atoms with Gasteiger partial charge < -0.3 is 14.5 Å². The fourth-order valence-electron chi connectivity index (χ4n) is 3.61. The van der Waals surface area contributed by atoms with Gasteiger partial charge >= 0.3 is 0 Å². The zero-order valence-corrected chi connectivity index (χ0v) is 20.0. The Kier molecular flexibility index (Phi) is 6.13. The summed E-state index contributed by atoms with van der Waals surface area (Å²) in [7, 11) is -2.37. The number of fused-ring (bicyclic) bond motifs is 1. The van der Waals surface area contributed by atoms with Gasteiger partial charge in [-0.3, -0.25) is 14.2 Å². The number of aromatic nitrogens is 4. The van der Waals surface area contributed by atoms with Crippen LogP contribution in [-0.2, 0) is 16.6 Å². The highest BCUT2D eigenvalue weighted by Crippen LogP contribution is 2.20. The molecule has 182 valence electrons.